The maximum atomic E-state index is 10.6. The predicted molar refractivity (Wildman–Crippen MR) is 84.3 cm³/mol. The first-order valence-electron chi connectivity index (χ1n) is 7.81. The normalized spacial score (nSPS) is 20.1. The number of hydrogen-bond acceptors (Lipinski definition) is 2. The number of aliphatic hydroxyl groups is 1. The molecule has 1 aromatic carbocycles. The minimum atomic E-state index is -0.513. The van der Waals surface area contributed by atoms with Crippen LogP contribution in [0.2, 0.25) is 0 Å². The standard InChI is InChI=1S/C18H22N2O/c21-18(15-9-5-2-1-3-6-10-15)16-13-19-20(14-16)17-11-7-4-8-12-17/h4,7-9,11-14,18,21H,1-3,5-6,10H2/b15-9+. The first-order chi connectivity index (χ1) is 10.3. The second kappa shape index (κ2) is 6.72. The Balaban J connectivity index is 1.79. The SMILES string of the molecule is OC(/C1=C/CCCCCC1)c1cnn(-c2ccccc2)c1. The summed E-state index contributed by atoms with van der Waals surface area (Å²) in [7, 11) is 0. The highest BCUT2D eigenvalue weighted by Gasteiger charge is 2.16. The minimum absolute atomic E-state index is 0.513. The molecule has 3 rings (SSSR count). The van der Waals surface area contributed by atoms with Gasteiger partial charge in [-0.1, -0.05) is 37.1 Å². The van der Waals surface area contributed by atoms with E-state index in [2.05, 4.69) is 11.2 Å². The molecule has 110 valence electrons. The minimum Gasteiger partial charge on any atom is -0.384 e. The Morgan fingerprint density at radius 1 is 1.05 bits per heavy atom. The van der Waals surface area contributed by atoms with Crippen molar-refractivity contribution in [3.8, 4) is 5.69 Å². The molecule has 1 aromatic heterocycles. The second-order valence-corrected chi connectivity index (χ2v) is 5.69. The van der Waals surface area contributed by atoms with Gasteiger partial charge in [0.15, 0.2) is 0 Å². The maximum absolute atomic E-state index is 10.6. The quantitative estimate of drug-likeness (QED) is 0.857. The van der Waals surface area contributed by atoms with Crippen LogP contribution < -0.4 is 0 Å². The number of allylic oxidation sites excluding steroid dienone is 1. The van der Waals surface area contributed by atoms with Crippen LogP contribution in [-0.4, -0.2) is 14.9 Å². The lowest BCUT2D eigenvalue weighted by atomic mass is 9.94. The van der Waals surface area contributed by atoms with Crippen molar-refractivity contribution in [1.82, 2.24) is 9.78 Å². The van der Waals surface area contributed by atoms with Crippen molar-refractivity contribution in [2.45, 2.75) is 44.6 Å². The topological polar surface area (TPSA) is 38.1 Å². The molecule has 1 aliphatic carbocycles. The van der Waals surface area contributed by atoms with Crippen LogP contribution in [0.25, 0.3) is 5.69 Å². The van der Waals surface area contributed by atoms with Gasteiger partial charge in [0, 0.05) is 11.8 Å². The number of benzene rings is 1. The molecule has 1 unspecified atom stereocenters. The Kier molecular flexibility index (Phi) is 4.51. The summed E-state index contributed by atoms with van der Waals surface area (Å²) >= 11 is 0. The summed E-state index contributed by atoms with van der Waals surface area (Å²) in [5.41, 5.74) is 3.05. The third-order valence-electron chi connectivity index (χ3n) is 4.12. The highest BCUT2D eigenvalue weighted by atomic mass is 16.3. The summed E-state index contributed by atoms with van der Waals surface area (Å²) in [5.74, 6) is 0. The van der Waals surface area contributed by atoms with Crippen molar-refractivity contribution < 1.29 is 5.11 Å². The third kappa shape index (κ3) is 3.42. The number of rotatable bonds is 3. The van der Waals surface area contributed by atoms with Gasteiger partial charge in [-0.3, -0.25) is 0 Å². The largest absolute Gasteiger partial charge is 0.384 e. The van der Waals surface area contributed by atoms with Crippen LogP contribution in [0.4, 0.5) is 0 Å². The molecule has 1 heterocycles. The molecular formula is C18H22N2O. The van der Waals surface area contributed by atoms with Gasteiger partial charge in [0.2, 0.25) is 0 Å². The summed E-state index contributed by atoms with van der Waals surface area (Å²) in [4.78, 5) is 0. The van der Waals surface area contributed by atoms with Crippen molar-refractivity contribution in [2.75, 3.05) is 0 Å². The summed E-state index contributed by atoms with van der Waals surface area (Å²) < 4.78 is 1.82. The zero-order valence-electron chi connectivity index (χ0n) is 12.3. The Bertz CT molecular complexity index is 601. The van der Waals surface area contributed by atoms with Crippen molar-refractivity contribution in [3.63, 3.8) is 0 Å². The van der Waals surface area contributed by atoms with E-state index in [1.165, 1.54) is 25.7 Å². The van der Waals surface area contributed by atoms with Crippen LogP contribution in [0.3, 0.4) is 0 Å². The lowest BCUT2D eigenvalue weighted by molar-refractivity contribution is 0.209. The Morgan fingerprint density at radius 3 is 2.71 bits per heavy atom. The van der Waals surface area contributed by atoms with E-state index in [0.717, 1.165) is 29.7 Å². The monoisotopic (exact) mass is 282 g/mol. The molecule has 21 heavy (non-hydrogen) atoms. The first-order valence-corrected chi connectivity index (χ1v) is 7.81. The average molecular weight is 282 g/mol. The number of aliphatic hydroxyl groups excluding tert-OH is 1. The smallest absolute Gasteiger partial charge is 0.103 e. The van der Waals surface area contributed by atoms with E-state index >= 15 is 0 Å². The van der Waals surface area contributed by atoms with E-state index in [4.69, 9.17) is 0 Å². The molecule has 3 heteroatoms. The van der Waals surface area contributed by atoms with Crippen LogP contribution in [0.5, 0.6) is 0 Å². The van der Waals surface area contributed by atoms with Crippen LogP contribution in [0.15, 0.2) is 54.4 Å². The molecule has 0 radical (unpaired) electrons. The molecular weight excluding hydrogens is 260 g/mol. The van der Waals surface area contributed by atoms with E-state index in [-0.39, 0.29) is 0 Å². The van der Waals surface area contributed by atoms with Crippen LogP contribution in [-0.2, 0) is 0 Å². The molecule has 1 aliphatic rings. The van der Waals surface area contributed by atoms with Gasteiger partial charge in [-0.05, 0) is 43.4 Å². The van der Waals surface area contributed by atoms with Crippen molar-refractivity contribution in [2.24, 2.45) is 0 Å². The number of hydrogen-bond donors (Lipinski definition) is 1. The van der Waals surface area contributed by atoms with E-state index in [1.807, 2.05) is 41.2 Å². The van der Waals surface area contributed by atoms with Gasteiger partial charge in [0.25, 0.3) is 0 Å². The fraction of sp³-hybridized carbons (Fsp3) is 0.389. The number of nitrogens with zero attached hydrogens (tertiary/aromatic N) is 2. The predicted octanol–water partition coefficient (Wildman–Crippen LogP) is 4.19. The Hall–Kier alpha value is -1.87. The lowest BCUT2D eigenvalue weighted by Gasteiger charge is -2.16. The van der Waals surface area contributed by atoms with Gasteiger partial charge < -0.3 is 5.11 Å². The molecule has 1 atom stereocenters. The zero-order chi connectivity index (χ0) is 14.5. The van der Waals surface area contributed by atoms with Crippen LogP contribution >= 0.6 is 0 Å². The van der Waals surface area contributed by atoms with Gasteiger partial charge in [0.1, 0.15) is 6.10 Å². The molecule has 2 aromatic rings. The Labute approximate surface area is 125 Å². The Morgan fingerprint density at radius 2 is 1.86 bits per heavy atom. The van der Waals surface area contributed by atoms with Crippen molar-refractivity contribution >= 4 is 0 Å². The number of para-hydroxylation sites is 1. The summed E-state index contributed by atoms with van der Waals surface area (Å²) in [6, 6.07) is 9.99. The average Bonchev–Trinajstić information content (AvgIpc) is 2.97. The molecule has 0 bridgehead atoms. The fourth-order valence-electron chi connectivity index (χ4n) is 2.88. The molecule has 3 nitrogen and oxygen atoms in total. The molecule has 0 saturated carbocycles. The van der Waals surface area contributed by atoms with Gasteiger partial charge in [-0.25, -0.2) is 4.68 Å². The molecule has 0 spiro atoms. The number of aromatic nitrogens is 2. The van der Waals surface area contributed by atoms with E-state index < -0.39 is 6.10 Å². The summed E-state index contributed by atoms with van der Waals surface area (Å²) in [6.45, 7) is 0. The van der Waals surface area contributed by atoms with Crippen molar-refractivity contribution in [1.29, 1.82) is 0 Å². The van der Waals surface area contributed by atoms with Gasteiger partial charge in [-0.15, -0.1) is 0 Å². The highest BCUT2D eigenvalue weighted by molar-refractivity contribution is 5.32. The van der Waals surface area contributed by atoms with E-state index in [1.54, 1.807) is 6.20 Å². The summed E-state index contributed by atoms with van der Waals surface area (Å²) in [6.07, 6.45) is 12.5. The van der Waals surface area contributed by atoms with E-state index in [0.29, 0.717) is 0 Å². The third-order valence-corrected chi connectivity index (χ3v) is 4.12. The molecule has 0 aliphatic heterocycles. The van der Waals surface area contributed by atoms with Crippen LogP contribution in [0.1, 0.15) is 50.2 Å². The molecule has 0 fully saturated rings. The van der Waals surface area contributed by atoms with Crippen LogP contribution in [0, 0.1) is 0 Å². The van der Waals surface area contributed by atoms with Gasteiger partial charge >= 0.3 is 0 Å². The first kappa shape index (κ1) is 14.1. The van der Waals surface area contributed by atoms with E-state index in [9.17, 15) is 5.11 Å². The van der Waals surface area contributed by atoms with Crippen molar-refractivity contribution in [3.05, 3.63) is 59.9 Å². The molecule has 1 N–H and O–H groups in total. The highest BCUT2D eigenvalue weighted by Crippen LogP contribution is 2.28. The second-order valence-electron chi connectivity index (χ2n) is 5.69. The zero-order valence-corrected chi connectivity index (χ0v) is 12.3. The van der Waals surface area contributed by atoms with Gasteiger partial charge in [-0.2, -0.15) is 5.10 Å². The maximum Gasteiger partial charge on any atom is 0.103 e. The molecule has 0 amide bonds. The summed E-state index contributed by atoms with van der Waals surface area (Å²) in [5, 5.41) is 15.0. The fourth-order valence-corrected chi connectivity index (χ4v) is 2.88. The lowest BCUT2D eigenvalue weighted by Crippen LogP contribution is -2.03. The van der Waals surface area contributed by atoms with Gasteiger partial charge in [0.05, 0.1) is 11.9 Å². The molecule has 0 saturated heterocycles.